The molecule has 1 unspecified atom stereocenters. The fourth-order valence-electron chi connectivity index (χ4n) is 3.96. The van der Waals surface area contributed by atoms with Gasteiger partial charge in [0.15, 0.2) is 0 Å². The number of fused-ring (bicyclic) bond motifs is 1. The van der Waals surface area contributed by atoms with Crippen LogP contribution >= 0.6 is 11.8 Å². The Morgan fingerprint density at radius 1 is 1.15 bits per heavy atom. The summed E-state index contributed by atoms with van der Waals surface area (Å²) in [6, 6.07) is 10.1. The van der Waals surface area contributed by atoms with Crippen molar-refractivity contribution in [3.63, 3.8) is 0 Å². The molecular weight excluding hydrogens is 462 g/mol. The summed E-state index contributed by atoms with van der Waals surface area (Å²) in [6.07, 6.45) is 1.56. The molecule has 2 aromatic rings. The summed E-state index contributed by atoms with van der Waals surface area (Å²) in [5.74, 6) is -0.158. The van der Waals surface area contributed by atoms with Crippen LogP contribution < -0.4 is 10.2 Å². The number of aromatic nitrogens is 1. The fourth-order valence-corrected chi connectivity index (χ4v) is 6.03. The Bertz CT molecular complexity index is 1130. The molecule has 1 N–H and O–H groups in total. The number of thioether (sulfide) groups is 1. The van der Waals surface area contributed by atoms with E-state index in [0.717, 1.165) is 0 Å². The first-order valence-electron chi connectivity index (χ1n) is 10.7. The van der Waals surface area contributed by atoms with Gasteiger partial charge in [-0.3, -0.25) is 9.59 Å². The van der Waals surface area contributed by atoms with E-state index in [0.29, 0.717) is 42.6 Å². The minimum Gasteiger partial charge on any atom is -0.324 e. The highest BCUT2D eigenvalue weighted by Crippen LogP contribution is 2.32. The Kier molecular flexibility index (Phi) is 7.03. The van der Waals surface area contributed by atoms with Crippen LogP contribution in [0.4, 0.5) is 11.4 Å². The van der Waals surface area contributed by atoms with Crippen molar-refractivity contribution in [1.29, 1.82) is 0 Å². The van der Waals surface area contributed by atoms with Crippen LogP contribution in [0.3, 0.4) is 0 Å². The topological polar surface area (TPSA) is 103 Å². The van der Waals surface area contributed by atoms with E-state index in [2.05, 4.69) is 15.2 Å². The zero-order chi connectivity index (χ0) is 23.6. The number of piperazine rings is 1. The Morgan fingerprint density at radius 3 is 2.58 bits per heavy atom. The third-order valence-electron chi connectivity index (χ3n) is 5.78. The van der Waals surface area contributed by atoms with Crippen LogP contribution in [0.2, 0.25) is 0 Å². The monoisotopic (exact) mass is 489 g/mol. The average molecular weight is 490 g/mol. The highest BCUT2D eigenvalue weighted by atomic mass is 32.2. The van der Waals surface area contributed by atoms with Gasteiger partial charge in [-0.25, -0.2) is 13.4 Å². The summed E-state index contributed by atoms with van der Waals surface area (Å²) in [6.45, 7) is 4.15. The van der Waals surface area contributed by atoms with Gasteiger partial charge < -0.3 is 15.1 Å². The maximum absolute atomic E-state index is 13.1. The van der Waals surface area contributed by atoms with Crippen LogP contribution in [0, 0.1) is 0 Å². The van der Waals surface area contributed by atoms with Gasteiger partial charge in [0.05, 0.1) is 22.2 Å². The first-order valence-corrected chi connectivity index (χ1v) is 13.2. The van der Waals surface area contributed by atoms with Crippen LogP contribution in [0.25, 0.3) is 0 Å². The van der Waals surface area contributed by atoms with Crippen molar-refractivity contribution in [2.75, 3.05) is 49.2 Å². The van der Waals surface area contributed by atoms with E-state index in [1.165, 1.54) is 22.3 Å². The molecular formula is C22H27N5O4S2. The standard InChI is InChI=1S/C22H27N5O4S2/c1-16-13-20(28)24-18-5-3-4-6-19(18)27(16)22(29)15-32-21-8-7-17(14-23-21)33(30,31)26-11-9-25(2)10-12-26/h3-8,14,16H,9-13,15H2,1-2H3,(H,24,28). The number of sulfonamides is 1. The van der Waals surface area contributed by atoms with Crippen molar-refractivity contribution < 1.29 is 18.0 Å². The summed E-state index contributed by atoms with van der Waals surface area (Å²) >= 11 is 1.24. The Hall–Kier alpha value is -2.47. The molecule has 2 amide bonds. The van der Waals surface area contributed by atoms with Crippen LogP contribution in [-0.4, -0.2) is 79.4 Å². The lowest BCUT2D eigenvalue weighted by Gasteiger charge is -2.31. The largest absolute Gasteiger partial charge is 0.324 e. The molecule has 0 spiro atoms. The molecule has 1 fully saturated rings. The van der Waals surface area contributed by atoms with Gasteiger partial charge in [-0.2, -0.15) is 4.31 Å². The number of nitrogens with zero attached hydrogens (tertiary/aromatic N) is 4. The summed E-state index contributed by atoms with van der Waals surface area (Å²) in [4.78, 5) is 33.4. The molecule has 1 aromatic carbocycles. The minimum absolute atomic E-state index is 0.115. The van der Waals surface area contributed by atoms with Gasteiger partial charge in [0.2, 0.25) is 21.8 Å². The molecule has 1 atom stereocenters. The SMILES string of the molecule is CC1CC(=O)Nc2ccccc2N1C(=O)CSc1ccc(S(=O)(=O)N2CCN(C)CC2)cn1. The molecule has 4 rings (SSSR count). The number of carbonyl (C=O) groups excluding carboxylic acids is 2. The van der Waals surface area contributed by atoms with E-state index in [1.807, 2.05) is 32.2 Å². The maximum atomic E-state index is 13.1. The zero-order valence-corrected chi connectivity index (χ0v) is 20.2. The second-order valence-electron chi connectivity index (χ2n) is 8.21. The highest BCUT2D eigenvalue weighted by Gasteiger charge is 2.30. The molecule has 0 aliphatic carbocycles. The van der Waals surface area contributed by atoms with Crippen molar-refractivity contribution in [1.82, 2.24) is 14.2 Å². The van der Waals surface area contributed by atoms with Crippen LogP contribution in [0.5, 0.6) is 0 Å². The van der Waals surface area contributed by atoms with Gasteiger partial charge in [-0.1, -0.05) is 23.9 Å². The molecule has 2 aliphatic heterocycles. The fraction of sp³-hybridized carbons (Fsp3) is 0.409. The lowest BCUT2D eigenvalue weighted by atomic mass is 10.2. The molecule has 2 aliphatic rings. The Morgan fingerprint density at radius 2 is 1.88 bits per heavy atom. The summed E-state index contributed by atoms with van der Waals surface area (Å²) in [5.41, 5.74) is 1.28. The van der Waals surface area contributed by atoms with Gasteiger partial charge in [-0.15, -0.1) is 0 Å². The number of anilines is 2. The van der Waals surface area contributed by atoms with Crippen molar-refractivity contribution in [3.8, 4) is 0 Å². The van der Waals surface area contributed by atoms with Crippen molar-refractivity contribution >= 4 is 45.0 Å². The minimum atomic E-state index is -3.58. The molecule has 1 saturated heterocycles. The molecule has 0 saturated carbocycles. The summed E-state index contributed by atoms with van der Waals surface area (Å²) < 4.78 is 27.2. The van der Waals surface area contributed by atoms with Gasteiger partial charge in [0.25, 0.3) is 0 Å². The number of hydrogen-bond donors (Lipinski definition) is 1. The van der Waals surface area contributed by atoms with E-state index < -0.39 is 10.0 Å². The van der Waals surface area contributed by atoms with Gasteiger partial charge in [0.1, 0.15) is 4.90 Å². The van der Waals surface area contributed by atoms with Gasteiger partial charge >= 0.3 is 0 Å². The van der Waals surface area contributed by atoms with Crippen molar-refractivity contribution in [3.05, 3.63) is 42.6 Å². The number of nitrogens with one attached hydrogen (secondary N) is 1. The summed E-state index contributed by atoms with van der Waals surface area (Å²) in [5, 5.41) is 3.41. The van der Waals surface area contributed by atoms with Gasteiger partial charge in [0, 0.05) is 44.8 Å². The van der Waals surface area contributed by atoms with E-state index in [4.69, 9.17) is 0 Å². The molecule has 0 radical (unpaired) electrons. The predicted octanol–water partition coefficient (Wildman–Crippen LogP) is 1.87. The lowest BCUT2D eigenvalue weighted by molar-refractivity contribution is -0.117. The Labute approximate surface area is 198 Å². The van der Waals surface area contributed by atoms with Crippen LogP contribution in [-0.2, 0) is 19.6 Å². The average Bonchev–Trinajstić information content (AvgIpc) is 2.92. The molecule has 33 heavy (non-hydrogen) atoms. The van der Waals surface area contributed by atoms with E-state index in [9.17, 15) is 18.0 Å². The number of likely N-dealkylation sites (N-methyl/N-ethyl adjacent to an activating group) is 1. The van der Waals surface area contributed by atoms with E-state index in [1.54, 1.807) is 23.1 Å². The first kappa shape index (κ1) is 23.7. The summed E-state index contributed by atoms with van der Waals surface area (Å²) in [7, 11) is -1.61. The number of pyridine rings is 1. The molecule has 0 bridgehead atoms. The van der Waals surface area contributed by atoms with Crippen LogP contribution in [0.15, 0.2) is 52.5 Å². The number of rotatable bonds is 5. The van der Waals surface area contributed by atoms with E-state index >= 15 is 0 Å². The molecule has 9 nitrogen and oxygen atoms in total. The number of carbonyl (C=O) groups is 2. The number of amides is 2. The smallest absolute Gasteiger partial charge is 0.244 e. The third-order valence-corrected chi connectivity index (χ3v) is 8.59. The van der Waals surface area contributed by atoms with Crippen molar-refractivity contribution in [2.24, 2.45) is 0 Å². The molecule has 1 aromatic heterocycles. The lowest BCUT2D eigenvalue weighted by Crippen LogP contribution is -2.47. The van der Waals surface area contributed by atoms with Crippen LogP contribution in [0.1, 0.15) is 13.3 Å². The quantitative estimate of drug-likeness (QED) is 0.640. The number of para-hydroxylation sites is 2. The molecule has 176 valence electrons. The molecule has 11 heteroatoms. The first-order chi connectivity index (χ1) is 15.8. The maximum Gasteiger partial charge on any atom is 0.244 e. The second-order valence-corrected chi connectivity index (χ2v) is 11.1. The molecule has 3 heterocycles. The number of benzene rings is 1. The van der Waals surface area contributed by atoms with Gasteiger partial charge in [-0.05, 0) is 38.2 Å². The Balaban J connectivity index is 1.43. The zero-order valence-electron chi connectivity index (χ0n) is 18.6. The van der Waals surface area contributed by atoms with Crippen molar-refractivity contribution in [2.45, 2.75) is 29.3 Å². The highest BCUT2D eigenvalue weighted by molar-refractivity contribution is 7.99. The number of hydrogen-bond acceptors (Lipinski definition) is 7. The predicted molar refractivity (Wildman–Crippen MR) is 128 cm³/mol. The second kappa shape index (κ2) is 9.80. The van der Waals surface area contributed by atoms with E-state index in [-0.39, 0.29) is 34.9 Å². The third kappa shape index (κ3) is 5.21. The normalized spacial score (nSPS) is 20.1.